The molecule has 0 spiro atoms. The van der Waals surface area contributed by atoms with E-state index in [0.29, 0.717) is 23.7 Å². The van der Waals surface area contributed by atoms with Gasteiger partial charge in [-0.1, -0.05) is 31.5 Å². The number of carbonyl (C=O) groups is 2. The topological polar surface area (TPSA) is 78.4 Å². The highest BCUT2D eigenvalue weighted by atomic mass is 35.5. The zero-order chi connectivity index (χ0) is 17.5. The van der Waals surface area contributed by atoms with Crippen LogP contribution in [0.25, 0.3) is 0 Å². The van der Waals surface area contributed by atoms with Gasteiger partial charge in [0.2, 0.25) is 0 Å². The van der Waals surface area contributed by atoms with Gasteiger partial charge in [0.1, 0.15) is 0 Å². The zero-order valence-corrected chi connectivity index (χ0v) is 14.7. The smallest absolute Gasteiger partial charge is 0.313 e. The standard InChI is InChI=1S/C17H25ClN2O3/c1-4-17(5-2,8-9-21)11-19-15(22)16(23)20-14-10-12(3)6-7-13(14)18/h6-7,10,21H,4-5,8-9,11H2,1-3H3,(H,19,22)(H,20,23). The van der Waals surface area contributed by atoms with Gasteiger partial charge in [-0.15, -0.1) is 0 Å². The number of carbonyl (C=O) groups excluding carboxylic acids is 2. The summed E-state index contributed by atoms with van der Waals surface area (Å²) in [6.45, 7) is 6.31. The first-order valence-electron chi connectivity index (χ1n) is 7.83. The van der Waals surface area contributed by atoms with Crippen molar-refractivity contribution in [3.05, 3.63) is 28.8 Å². The number of hydrogen-bond donors (Lipinski definition) is 3. The Morgan fingerprint density at radius 2 is 1.87 bits per heavy atom. The Morgan fingerprint density at radius 1 is 1.22 bits per heavy atom. The molecule has 0 saturated heterocycles. The van der Waals surface area contributed by atoms with Gasteiger partial charge in [0.15, 0.2) is 0 Å². The third kappa shape index (κ3) is 5.52. The molecule has 0 aliphatic heterocycles. The lowest BCUT2D eigenvalue weighted by Crippen LogP contribution is -2.42. The Balaban J connectivity index is 2.67. The molecular weight excluding hydrogens is 316 g/mol. The average Bonchev–Trinajstić information content (AvgIpc) is 2.54. The maximum absolute atomic E-state index is 12.0. The van der Waals surface area contributed by atoms with Gasteiger partial charge in [0.25, 0.3) is 0 Å². The molecule has 0 heterocycles. The summed E-state index contributed by atoms with van der Waals surface area (Å²) in [6.07, 6.45) is 2.22. The number of hydrogen-bond acceptors (Lipinski definition) is 3. The van der Waals surface area contributed by atoms with Crippen LogP contribution in [-0.4, -0.2) is 30.1 Å². The molecule has 0 atom stereocenters. The minimum Gasteiger partial charge on any atom is -0.396 e. The number of aryl methyl sites for hydroxylation is 1. The Hall–Kier alpha value is -1.59. The van der Waals surface area contributed by atoms with Crippen molar-refractivity contribution in [2.24, 2.45) is 5.41 Å². The third-order valence-corrected chi connectivity index (χ3v) is 4.67. The van der Waals surface area contributed by atoms with Gasteiger partial charge in [0.05, 0.1) is 10.7 Å². The number of aliphatic hydroxyl groups is 1. The summed E-state index contributed by atoms with van der Waals surface area (Å²) in [6, 6.07) is 5.20. The molecule has 5 nitrogen and oxygen atoms in total. The maximum Gasteiger partial charge on any atom is 0.313 e. The molecule has 1 aromatic rings. The van der Waals surface area contributed by atoms with E-state index in [-0.39, 0.29) is 12.0 Å². The number of benzene rings is 1. The van der Waals surface area contributed by atoms with Crippen LogP contribution in [0.4, 0.5) is 5.69 Å². The first-order valence-corrected chi connectivity index (χ1v) is 8.21. The molecule has 2 amide bonds. The fourth-order valence-corrected chi connectivity index (χ4v) is 2.61. The van der Waals surface area contributed by atoms with Crippen LogP contribution in [0.2, 0.25) is 5.02 Å². The highest BCUT2D eigenvalue weighted by Crippen LogP contribution is 2.29. The van der Waals surface area contributed by atoms with Crippen molar-refractivity contribution in [1.29, 1.82) is 0 Å². The average molecular weight is 341 g/mol. The van der Waals surface area contributed by atoms with Crippen LogP contribution in [0.3, 0.4) is 0 Å². The number of nitrogens with one attached hydrogen (secondary N) is 2. The van der Waals surface area contributed by atoms with Crippen molar-refractivity contribution in [1.82, 2.24) is 5.32 Å². The zero-order valence-electron chi connectivity index (χ0n) is 13.9. The first kappa shape index (κ1) is 19.5. The van der Waals surface area contributed by atoms with Crippen LogP contribution >= 0.6 is 11.6 Å². The van der Waals surface area contributed by atoms with Gasteiger partial charge in [0, 0.05) is 13.2 Å². The lowest BCUT2D eigenvalue weighted by molar-refractivity contribution is -0.136. The fraction of sp³-hybridized carbons (Fsp3) is 0.529. The molecule has 1 rings (SSSR count). The summed E-state index contributed by atoms with van der Waals surface area (Å²) in [7, 11) is 0. The molecule has 0 unspecified atom stereocenters. The molecule has 0 radical (unpaired) electrons. The Labute approximate surface area is 142 Å². The number of halogens is 1. The quantitative estimate of drug-likeness (QED) is 0.668. The Morgan fingerprint density at radius 3 is 2.43 bits per heavy atom. The van der Waals surface area contributed by atoms with Crippen LogP contribution in [0.1, 0.15) is 38.7 Å². The summed E-state index contributed by atoms with van der Waals surface area (Å²) in [5, 5.41) is 14.7. The minimum atomic E-state index is -0.748. The molecule has 0 fully saturated rings. The summed E-state index contributed by atoms with van der Waals surface area (Å²) in [5.74, 6) is -1.45. The molecule has 6 heteroatoms. The van der Waals surface area contributed by atoms with Crippen LogP contribution < -0.4 is 10.6 Å². The summed E-state index contributed by atoms with van der Waals surface area (Å²) >= 11 is 6.01. The molecular formula is C17H25ClN2O3. The molecule has 0 aliphatic carbocycles. The lowest BCUT2D eigenvalue weighted by atomic mass is 9.79. The Bertz CT molecular complexity index is 557. The van der Waals surface area contributed by atoms with E-state index in [4.69, 9.17) is 11.6 Å². The molecule has 0 bridgehead atoms. The van der Waals surface area contributed by atoms with E-state index in [1.54, 1.807) is 12.1 Å². The van der Waals surface area contributed by atoms with Crippen molar-refractivity contribution >= 4 is 29.1 Å². The predicted molar refractivity (Wildman–Crippen MR) is 92.5 cm³/mol. The van der Waals surface area contributed by atoms with Gasteiger partial charge in [-0.3, -0.25) is 9.59 Å². The number of rotatable bonds is 7. The van der Waals surface area contributed by atoms with E-state index >= 15 is 0 Å². The summed E-state index contributed by atoms with van der Waals surface area (Å²) < 4.78 is 0. The lowest BCUT2D eigenvalue weighted by Gasteiger charge is -2.31. The normalized spacial score (nSPS) is 11.2. The van der Waals surface area contributed by atoms with Crippen molar-refractivity contribution < 1.29 is 14.7 Å². The van der Waals surface area contributed by atoms with Crippen LogP contribution in [0.5, 0.6) is 0 Å². The van der Waals surface area contributed by atoms with Gasteiger partial charge in [-0.25, -0.2) is 0 Å². The molecule has 3 N–H and O–H groups in total. The van der Waals surface area contributed by atoms with E-state index in [1.807, 2.05) is 26.8 Å². The second-order valence-electron chi connectivity index (χ2n) is 5.80. The number of anilines is 1. The van der Waals surface area contributed by atoms with Crippen LogP contribution in [-0.2, 0) is 9.59 Å². The van der Waals surface area contributed by atoms with E-state index < -0.39 is 11.8 Å². The van der Waals surface area contributed by atoms with Gasteiger partial charge >= 0.3 is 11.8 Å². The van der Waals surface area contributed by atoms with E-state index in [1.165, 1.54) is 0 Å². The molecule has 0 saturated carbocycles. The van der Waals surface area contributed by atoms with Gasteiger partial charge < -0.3 is 15.7 Å². The van der Waals surface area contributed by atoms with Gasteiger partial charge in [-0.05, 0) is 49.3 Å². The number of amides is 2. The van der Waals surface area contributed by atoms with Crippen molar-refractivity contribution in [3.8, 4) is 0 Å². The van der Waals surface area contributed by atoms with Crippen molar-refractivity contribution in [2.75, 3.05) is 18.5 Å². The van der Waals surface area contributed by atoms with E-state index in [0.717, 1.165) is 18.4 Å². The SMILES string of the molecule is CCC(CC)(CCO)CNC(=O)C(=O)Nc1cc(C)ccc1Cl. The van der Waals surface area contributed by atoms with Crippen LogP contribution in [0, 0.1) is 12.3 Å². The monoisotopic (exact) mass is 340 g/mol. The molecule has 128 valence electrons. The second kappa shape index (κ2) is 8.89. The largest absolute Gasteiger partial charge is 0.396 e. The highest BCUT2D eigenvalue weighted by molar-refractivity contribution is 6.41. The molecule has 1 aromatic carbocycles. The second-order valence-corrected chi connectivity index (χ2v) is 6.21. The van der Waals surface area contributed by atoms with Crippen molar-refractivity contribution in [3.63, 3.8) is 0 Å². The Kier molecular flexibility index (Phi) is 7.52. The summed E-state index contributed by atoms with van der Waals surface area (Å²) in [4.78, 5) is 24.0. The van der Waals surface area contributed by atoms with E-state index in [9.17, 15) is 14.7 Å². The fourth-order valence-electron chi connectivity index (χ4n) is 2.44. The van der Waals surface area contributed by atoms with Crippen molar-refractivity contribution in [2.45, 2.75) is 40.0 Å². The predicted octanol–water partition coefficient (Wildman–Crippen LogP) is 2.89. The first-order chi connectivity index (χ1) is 10.9. The number of aliphatic hydroxyl groups excluding tert-OH is 1. The molecule has 23 heavy (non-hydrogen) atoms. The maximum atomic E-state index is 12.0. The highest BCUT2D eigenvalue weighted by Gasteiger charge is 2.27. The molecule has 0 aromatic heterocycles. The minimum absolute atomic E-state index is 0.0582. The summed E-state index contributed by atoms with van der Waals surface area (Å²) in [5.41, 5.74) is 1.16. The van der Waals surface area contributed by atoms with Crippen LogP contribution in [0.15, 0.2) is 18.2 Å². The van der Waals surface area contributed by atoms with E-state index in [2.05, 4.69) is 10.6 Å². The molecule has 0 aliphatic rings. The third-order valence-electron chi connectivity index (χ3n) is 4.34. The van der Waals surface area contributed by atoms with Gasteiger partial charge in [-0.2, -0.15) is 0 Å².